The van der Waals surface area contributed by atoms with Crippen LogP contribution in [0.25, 0.3) is 0 Å². The fourth-order valence-electron chi connectivity index (χ4n) is 2.34. The molecule has 2 N–H and O–H groups in total. The maximum absolute atomic E-state index is 12.9. The van der Waals surface area contributed by atoms with Crippen LogP contribution in [0.2, 0.25) is 0 Å². The summed E-state index contributed by atoms with van der Waals surface area (Å²) >= 11 is 0. The number of hydrogen-bond donors (Lipinski definition) is 2. The van der Waals surface area contributed by atoms with Crippen molar-refractivity contribution in [2.75, 3.05) is 0 Å². The first-order valence-corrected chi connectivity index (χ1v) is 7.35. The molecule has 0 saturated heterocycles. The van der Waals surface area contributed by atoms with E-state index in [0.29, 0.717) is 6.42 Å². The first kappa shape index (κ1) is 17.4. The van der Waals surface area contributed by atoms with Gasteiger partial charge in [0.2, 0.25) is 0 Å². The molecule has 2 atom stereocenters. The summed E-state index contributed by atoms with van der Waals surface area (Å²) in [6.07, 6.45) is -3.34. The molecule has 0 aliphatic rings. The Morgan fingerprint density at radius 3 is 2.48 bits per heavy atom. The molecule has 0 spiro atoms. The van der Waals surface area contributed by atoms with Crippen molar-refractivity contribution >= 4 is 0 Å². The summed E-state index contributed by atoms with van der Waals surface area (Å²) in [5.74, 6) is 0. The van der Waals surface area contributed by atoms with Crippen LogP contribution in [0, 0.1) is 0 Å². The Kier molecular flexibility index (Phi) is 5.74. The van der Waals surface area contributed by atoms with E-state index in [4.69, 9.17) is 0 Å². The minimum absolute atomic E-state index is 0.00163. The van der Waals surface area contributed by atoms with Crippen LogP contribution in [0.5, 0.6) is 0 Å². The van der Waals surface area contributed by atoms with Crippen molar-refractivity contribution in [2.45, 2.75) is 38.2 Å². The van der Waals surface area contributed by atoms with Gasteiger partial charge < -0.3 is 10.4 Å². The lowest BCUT2D eigenvalue weighted by Gasteiger charge is -2.19. The third-order valence-electron chi connectivity index (χ3n) is 3.57. The fourth-order valence-corrected chi connectivity index (χ4v) is 2.34. The highest BCUT2D eigenvalue weighted by Crippen LogP contribution is 2.31. The van der Waals surface area contributed by atoms with Crippen LogP contribution in [0.3, 0.4) is 0 Å². The molecule has 0 amide bonds. The Bertz CT molecular complexity index is 617. The normalized spacial score (nSPS) is 14.5. The van der Waals surface area contributed by atoms with Crippen molar-refractivity contribution in [3.8, 4) is 0 Å². The summed E-state index contributed by atoms with van der Waals surface area (Å²) in [5, 5.41) is 13.1. The highest BCUT2D eigenvalue weighted by molar-refractivity contribution is 5.23. The number of hydrogen-bond acceptors (Lipinski definition) is 3. The van der Waals surface area contributed by atoms with E-state index in [2.05, 4.69) is 10.3 Å². The first-order valence-electron chi connectivity index (χ1n) is 7.35. The minimum atomic E-state index is -4.42. The van der Waals surface area contributed by atoms with Crippen molar-refractivity contribution in [1.82, 2.24) is 10.3 Å². The number of benzene rings is 1. The zero-order chi connectivity index (χ0) is 16.9. The van der Waals surface area contributed by atoms with Gasteiger partial charge in [0.1, 0.15) is 0 Å². The van der Waals surface area contributed by atoms with Crippen molar-refractivity contribution in [3.05, 3.63) is 65.5 Å². The second-order valence-electron chi connectivity index (χ2n) is 5.44. The van der Waals surface area contributed by atoms with E-state index in [9.17, 15) is 18.3 Å². The maximum atomic E-state index is 12.9. The minimum Gasteiger partial charge on any atom is -0.388 e. The highest BCUT2D eigenvalue weighted by Gasteiger charge is 2.33. The number of aliphatic hydroxyl groups excluding tert-OH is 1. The van der Waals surface area contributed by atoms with Crippen molar-refractivity contribution in [1.29, 1.82) is 0 Å². The number of pyridine rings is 1. The van der Waals surface area contributed by atoms with E-state index >= 15 is 0 Å². The van der Waals surface area contributed by atoms with Gasteiger partial charge in [0.25, 0.3) is 0 Å². The van der Waals surface area contributed by atoms with Gasteiger partial charge in [0, 0.05) is 18.8 Å². The van der Waals surface area contributed by atoms with Gasteiger partial charge in [-0.2, -0.15) is 13.2 Å². The van der Waals surface area contributed by atoms with E-state index in [0.717, 1.165) is 11.6 Å². The Labute approximate surface area is 133 Å². The smallest absolute Gasteiger partial charge is 0.388 e. The molecule has 0 aliphatic carbocycles. The van der Waals surface area contributed by atoms with Crippen molar-refractivity contribution < 1.29 is 18.3 Å². The topological polar surface area (TPSA) is 45.1 Å². The summed E-state index contributed by atoms with van der Waals surface area (Å²) in [5.41, 5.74) is 0.0133. The maximum Gasteiger partial charge on any atom is 0.418 e. The molecule has 1 aromatic carbocycles. The summed E-state index contributed by atoms with van der Waals surface area (Å²) in [6.45, 7) is 1.82. The Balaban J connectivity index is 1.94. The summed E-state index contributed by atoms with van der Waals surface area (Å²) in [7, 11) is 0. The van der Waals surface area contributed by atoms with E-state index in [1.54, 1.807) is 0 Å². The van der Waals surface area contributed by atoms with Crippen LogP contribution in [-0.2, 0) is 12.7 Å². The molecule has 0 fully saturated rings. The molecule has 1 aromatic heterocycles. The van der Waals surface area contributed by atoms with Gasteiger partial charge in [-0.1, -0.05) is 30.3 Å². The number of rotatable bonds is 6. The monoisotopic (exact) mass is 324 g/mol. The van der Waals surface area contributed by atoms with E-state index in [1.165, 1.54) is 12.3 Å². The molecular weight excluding hydrogens is 305 g/mol. The van der Waals surface area contributed by atoms with Crippen molar-refractivity contribution in [3.63, 3.8) is 0 Å². The Hall–Kier alpha value is -1.92. The number of nitrogens with one attached hydrogen (secondary N) is 1. The first-order chi connectivity index (χ1) is 10.9. The van der Waals surface area contributed by atoms with E-state index in [1.807, 2.05) is 37.3 Å². The standard InChI is InChI=1S/C17H19F3N2O/c1-12(10-16(23)13-6-3-2-4-7-13)22-11-15-14(17(18,19)20)8-5-9-21-15/h2-9,12,16,22-23H,10-11H2,1H3. The number of nitrogens with zero attached hydrogens (tertiary/aromatic N) is 1. The van der Waals surface area contributed by atoms with Crippen LogP contribution in [-0.4, -0.2) is 16.1 Å². The lowest BCUT2D eigenvalue weighted by atomic mass is 10.0. The summed E-state index contributed by atoms with van der Waals surface area (Å²) in [6, 6.07) is 11.3. The number of alkyl halides is 3. The molecular formula is C17H19F3N2O. The van der Waals surface area contributed by atoms with E-state index in [-0.39, 0.29) is 18.3 Å². The molecule has 6 heteroatoms. The molecule has 0 radical (unpaired) electrons. The molecule has 0 aliphatic heterocycles. The number of aromatic nitrogens is 1. The predicted molar refractivity (Wildman–Crippen MR) is 81.6 cm³/mol. The lowest BCUT2D eigenvalue weighted by molar-refractivity contribution is -0.138. The van der Waals surface area contributed by atoms with Gasteiger partial charge in [-0.3, -0.25) is 4.98 Å². The van der Waals surface area contributed by atoms with Crippen LogP contribution in [0.15, 0.2) is 48.7 Å². The molecule has 2 aromatic rings. The van der Waals surface area contributed by atoms with Crippen molar-refractivity contribution in [2.24, 2.45) is 0 Å². The molecule has 124 valence electrons. The molecule has 2 unspecified atom stereocenters. The highest BCUT2D eigenvalue weighted by atomic mass is 19.4. The molecule has 2 rings (SSSR count). The Morgan fingerprint density at radius 2 is 1.83 bits per heavy atom. The zero-order valence-electron chi connectivity index (χ0n) is 12.7. The lowest BCUT2D eigenvalue weighted by Crippen LogP contribution is -2.29. The summed E-state index contributed by atoms with van der Waals surface area (Å²) < 4.78 is 38.7. The van der Waals surface area contributed by atoms with Gasteiger partial charge in [-0.05, 0) is 31.0 Å². The van der Waals surface area contributed by atoms with Gasteiger partial charge in [0.05, 0.1) is 17.4 Å². The molecule has 0 bridgehead atoms. The van der Waals surface area contributed by atoms with Gasteiger partial charge >= 0.3 is 6.18 Å². The van der Waals surface area contributed by atoms with Gasteiger partial charge in [-0.15, -0.1) is 0 Å². The number of aliphatic hydroxyl groups is 1. The Morgan fingerprint density at radius 1 is 1.13 bits per heavy atom. The molecule has 23 heavy (non-hydrogen) atoms. The average Bonchev–Trinajstić information content (AvgIpc) is 2.53. The summed E-state index contributed by atoms with van der Waals surface area (Å²) in [4.78, 5) is 3.81. The van der Waals surface area contributed by atoms with Crippen LogP contribution >= 0.6 is 0 Å². The van der Waals surface area contributed by atoms with Crippen LogP contribution in [0.4, 0.5) is 13.2 Å². The molecule has 0 saturated carbocycles. The quantitative estimate of drug-likeness (QED) is 0.851. The average molecular weight is 324 g/mol. The van der Waals surface area contributed by atoms with Gasteiger partial charge in [0.15, 0.2) is 0 Å². The van der Waals surface area contributed by atoms with Crippen LogP contribution in [0.1, 0.15) is 36.3 Å². The molecule has 3 nitrogen and oxygen atoms in total. The van der Waals surface area contributed by atoms with E-state index < -0.39 is 17.8 Å². The SMILES string of the molecule is CC(CC(O)c1ccccc1)NCc1ncccc1C(F)(F)F. The zero-order valence-corrected chi connectivity index (χ0v) is 12.7. The predicted octanol–water partition coefficient (Wildman–Crippen LogP) is 3.70. The van der Waals surface area contributed by atoms with Gasteiger partial charge in [-0.25, -0.2) is 0 Å². The molecule has 1 heterocycles. The second-order valence-corrected chi connectivity index (χ2v) is 5.44. The number of halogens is 3. The second kappa shape index (κ2) is 7.57. The largest absolute Gasteiger partial charge is 0.418 e. The van der Waals surface area contributed by atoms with Crippen LogP contribution < -0.4 is 5.32 Å². The third kappa shape index (κ3) is 5.04. The third-order valence-corrected chi connectivity index (χ3v) is 3.57. The fraction of sp³-hybridized carbons (Fsp3) is 0.353.